The number of carbonyl (C=O) groups excluding carboxylic acids is 1. The molecule has 0 unspecified atom stereocenters. The molecule has 3 fully saturated rings. The average molecular weight is 454 g/mol. The van der Waals surface area contributed by atoms with Crippen LogP contribution in [0, 0.1) is 18.8 Å². The number of piperazine rings is 1. The number of hydrogen-bond acceptors (Lipinski definition) is 4. The van der Waals surface area contributed by atoms with Crippen molar-refractivity contribution >= 4 is 11.7 Å². The van der Waals surface area contributed by atoms with Crippen molar-refractivity contribution in [2.45, 2.75) is 46.6 Å². The van der Waals surface area contributed by atoms with Crippen molar-refractivity contribution in [1.29, 1.82) is 0 Å². The second-order valence-corrected chi connectivity index (χ2v) is 10.8. The molecule has 1 aromatic rings. The minimum Gasteiger partial charge on any atom is -0.312 e. The predicted octanol–water partition coefficient (Wildman–Crippen LogP) is 3.91. The van der Waals surface area contributed by atoms with Gasteiger partial charge in [-0.3, -0.25) is 9.80 Å². The number of carbonyl (C=O) groups is 1. The molecule has 1 N–H and O–H groups in total. The Kier molecular flexibility index (Phi) is 8.10. The maximum absolute atomic E-state index is 12.3. The van der Waals surface area contributed by atoms with Gasteiger partial charge in [-0.05, 0) is 61.9 Å². The van der Waals surface area contributed by atoms with Crippen LogP contribution in [-0.4, -0.2) is 79.6 Å². The van der Waals surface area contributed by atoms with Crippen molar-refractivity contribution in [2.24, 2.45) is 11.8 Å². The maximum atomic E-state index is 12.3. The number of piperidine rings is 1. The summed E-state index contributed by atoms with van der Waals surface area (Å²) in [6.07, 6.45) is 3.53. The van der Waals surface area contributed by atoms with Crippen molar-refractivity contribution in [3.05, 3.63) is 41.6 Å². The van der Waals surface area contributed by atoms with E-state index in [1.54, 1.807) is 0 Å². The van der Waals surface area contributed by atoms with Gasteiger partial charge in [0.25, 0.3) is 0 Å². The highest BCUT2D eigenvalue weighted by molar-refractivity contribution is 5.94. The molecule has 3 aliphatic heterocycles. The predicted molar refractivity (Wildman–Crippen MR) is 137 cm³/mol. The molecule has 3 heterocycles. The van der Waals surface area contributed by atoms with Gasteiger partial charge in [0.15, 0.2) is 0 Å². The number of likely N-dealkylation sites (tertiary alicyclic amines) is 1. The van der Waals surface area contributed by atoms with E-state index in [1.165, 1.54) is 57.7 Å². The van der Waals surface area contributed by atoms with Crippen molar-refractivity contribution in [1.82, 2.24) is 20.0 Å². The normalized spacial score (nSPS) is 22.2. The van der Waals surface area contributed by atoms with Crippen LogP contribution in [0.2, 0.25) is 0 Å². The lowest BCUT2D eigenvalue weighted by atomic mass is 9.95. The highest BCUT2D eigenvalue weighted by atomic mass is 16.2. The van der Waals surface area contributed by atoms with Crippen LogP contribution >= 0.6 is 0 Å². The smallest absolute Gasteiger partial charge is 0.312 e. The molecule has 2 amide bonds. The molecule has 0 atom stereocenters. The molecule has 0 aliphatic carbocycles. The van der Waals surface area contributed by atoms with E-state index in [0.717, 1.165) is 54.8 Å². The van der Waals surface area contributed by atoms with E-state index in [4.69, 9.17) is 0 Å². The second kappa shape index (κ2) is 11.0. The number of urea groups is 1. The number of aryl methyl sites for hydroxylation is 1. The fraction of sp³-hybridized carbons (Fsp3) is 0.667. The highest BCUT2D eigenvalue weighted by Gasteiger charge is 2.25. The highest BCUT2D eigenvalue weighted by Crippen LogP contribution is 2.25. The molecule has 3 aliphatic rings. The van der Waals surface area contributed by atoms with E-state index in [1.807, 2.05) is 4.90 Å². The van der Waals surface area contributed by atoms with Crippen molar-refractivity contribution < 1.29 is 4.79 Å². The summed E-state index contributed by atoms with van der Waals surface area (Å²) >= 11 is 0. The summed E-state index contributed by atoms with van der Waals surface area (Å²) in [5.74, 6) is 1.65. The van der Waals surface area contributed by atoms with Crippen LogP contribution < -0.4 is 10.2 Å². The lowest BCUT2D eigenvalue weighted by Crippen LogP contribution is -2.48. The lowest BCUT2D eigenvalue weighted by molar-refractivity contribution is 0.0894. The number of amides is 2. The van der Waals surface area contributed by atoms with Crippen LogP contribution in [-0.2, 0) is 6.54 Å². The number of nitrogens with one attached hydrogen (secondary N) is 1. The molecule has 182 valence electrons. The number of nitrogens with zero attached hydrogens (tertiary/aromatic N) is 4. The number of hydrogen-bond donors (Lipinski definition) is 1. The number of anilines is 1. The number of benzene rings is 1. The fourth-order valence-electron chi connectivity index (χ4n) is 5.60. The average Bonchev–Trinajstić information content (AvgIpc) is 2.77. The van der Waals surface area contributed by atoms with Crippen LogP contribution in [0.1, 0.15) is 44.2 Å². The molecular weight excluding hydrogens is 410 g/mol. The zero-order valence-electron chi connectivity index (χ0n) is 21.0. The van der Waals surface area contributed by atoms with E-state index in [2.05, 4.69) is 65.6 Å². The lowest BCUT2D eigenvalue weighted by Gasteiger charge is -2.39. The first kappa shape index (κ1) is 24.2. The molecule has 0 aromatic heterocycles. The zero-order valence-corrected chi connectivity index (χ0v) is 21.0. The van der Waals surface area contributed by atoms with Crippen LogP contribution in [0.15, 0.2) is 30.5 Å². The Morgan fingerprint density at radius 1 is 1.00 bits per heavy atom. The van der Waals surface area contributed by atoms with Gasteiger partial charge in [0.05, 0.1) is 0 Å². The van der Waals surface area contributed by atoms with Gasteiger partial charge in [-0.15, -0.1) is 0 Å². The van der Waals surface area contributed by atoms with Crippen LogP contribution in [0.3, 0.4) is 0 Å². The van der Waals surface area contributed by atoms with Gasteiger partial charge in [0, 0.05) is 70.2 Å². The topological polar surface area (TPSA) is 42.1 Å². The van der Waals surface area contributed by atoms with Crippen LogP contribution in [0.25, 0.3) is 0 Å². The third-order valence-electron chi connectivity index (χ3n) is 7.44. The molecule has 6 heteroatoms. The Labute approximate surface area is 200 Å². The van der Waals surface area contributed by atoms with E-state index in [-0.39, 0.29) is 6.03 Å². The Morgan fingerprint density at radius 3 is 2.33 bits per heavy atom. The molecule has 3 saturated heterocycles. The fourth-order valence-corrected chi connectivity index (χ4v) is 5.60. The maximum Gasteiger partial charge on any atom is 0.326 e. The first-order valence-electron chi connectivity index (χ1n) is 12.9. The van der Waals surface area contributed by atoms with E-state index < -0.39 is 0 Å². The molecule has 33 heavy (non-hydrogen) atoms. The molecule has 0 spiro atoms. The zero-order chi connectivity index (χ0) is 23.4. The van der Waals surface area contributed by atoms with Gasteiger partial charge in [-0.2, -0.15) is 0 Å². The summed E-state index contributed by atoms with van der Waals surface area (Å²) in [6.45, 7) is 22.1. The Morgan fingerprint density at radius 2 is 1.70 bits per heavy atom. The van der Waals surface area contributed by atoms with Gasteiger partial charge in [0.2, 0.25) is 0 Å². The molecule has 0 radical (unpaired) electrons. The molecule has 1 aromatic carbocycles. The molecule has 6 nitrogen and oxygen atoms in total. The van der Waals surface area contributed by atoms with E-state index in [0.29, 0.717) is 6.54 Å². The largest absolute Gasteiger partial charge is 0.326 e. The Hall–Kier alpha value is -1.89. The third-order valence-corrected chi connectivity index (χ3v) is 7.44. The summed E-state index contributed by atoms with van der Waals surface area (Å²) in [5, 5.41) is 2.86. The van der Waals surface area contributed by atoms with Gasteiger partial charge in [0.1, 0.15) is 0 Å². The molecule has 0 saturated carbocycles. The summed E-state index contributed by atoms with van der Waals surface area (Å²) in [7, 11) is 0. The second-order valence-electron chi connectivity index (χ2n) is 10.8. The van der Waals surface area contributed by atoms with Crippen LogP contribution in [0.5, 0.6) is 0 Å². The van der Waals surface area contributed by atoms with Crippen molar-refractivity contribution in [2.75, 3.05) is 63.8 Å². The molecular formula is C27H43N5O. The quantitative estimate of drug-likeness (QED) is 0.680. The van der Waals surface area contributed by atoms with Gasteiger partial charge < -0.3 is 15.1 Å². The standard InChI is InChI=1S/C27H43N5O/c1-21(2)18-29-10-8-24(9-11-29)19-30-13-15-31(16-14-30)20-25-5-6-26(22(3)17-25)32-12-7-23(4)28-27(32)33/h5-6,17,21,24H,4,7-16,18-20H2,1-3H3,(H,28,33). The van der Waals surface area contributed by atoms with Gasteiger partial charge in [-0.25, -0.2) is 4.79 Å². The first-order chi connectivity index (χ1) is 15.9. The van der Waals surface area contributed by atoms with Gasteiger partial charge in [-0.1, -0.05) is 32.6 Å². The molecule has 4 rings (SSSR count). The monoisotopic (exact) mass is 453 g/mol. The first-order valence-corrected chi connectivity index (χ1v) is 12.9. The van der Waals surface area contributed by atoms with Crippen molar-refractivity contribution in [3.8, 4) is 0 Å². The summed E-state index contributed by atoms with van der Waals surface area (Å²) in [4.78, 5) is 22.1. The Balaban J connectivity index is 1.21. The minimum absolute atomic E-state index is 0.0659. The summed E-state index contributed by atoms with van der Waals surface area (Å²) in [5.41, 5.74) is 4.32. The Bertz CT molecular complexity index is 822. The summed E-state index contributed by atoms with van der Waals surface area (Å²) in [6, 6.07) is 6.49. The molecule has 0 bridgehead atoms. The van der Waals surface area contributed by atoms with E-state index >= 15 is 0 Å². The summed E-state index contributed by atoms with van der Waals surface area (Å²) < 4.78 is 0. The SMILES string of the molecule is C=C1CCN(c2ccc(CN3CCN(CC4CCN(CC(C)C)CC4)CC3)cc2C)C(=O)N1. The minimum atomic E-state index is -0.0659. The van der Waals surface area contributed by atoms with Crippen LogP contribution in [0.4, 0.5) is 10.5 Å². The van der Waals surface area contributed by atoms with Crippen molar-refractivity contribution in [3.63, 3.8) is 0 Å². The van der Waals surface area contributed by atoms with E-state index in [9.17, 15) is 4.79 Å². The number of rotatable bonds is 7. The van der Waals surface area contributed by atoms with Gasteiger partial charge >= 0.3 is 6.03 Å². The third kappa shape index (κ3) is 6.58.